The Labute approximate surface area is 96.3 Å². The summed E-state index contributed by atoms with van der Waals surface area (Å²) >= 11 is 0. The van der Waals surface area contributed by atoms with Crippen molar-refractivity contribution in [2.24, 2.45) is 0 Å². The van der Waals surface area contributed by atoms with Crippen LogP contribution in [0.2, 0.25) is 0 Å². The van der Waals surface area contributed by atoms with Crippen LogP contribution < -0.4 is 4.74 Å². The third-order valence-electron chi connectivity index (χ3n) is 2.53. The molecule has 1 aromatic heterocycles. The van der Waals surface area contributed by atoms with Crippen molar-refractivity contribution in [3.63, 3.8) is 0 Å². The normalized spacial score (nSPS) is 10.6. The Hall–Kier alpha value is -1.57. The van der Waals surface area contributed by atoms with Crippen molar-refractivity contribution < 1.29 is 4.74 Å². The number of hydrogen-bond donors (Lipinski definition) is 0. The molecular weight excluding hydrogens is 198 g/mol. The fourth-order valence-electron chi connectivity index (χ4n) is 1.62. The second-order valence-corrected chi connectivity index (χ2v) is 3.79. The van der Waals surface area contributed by atoms with Gasteiger partial charge in [-0.25, -0.2) is 0 Å². The lowest BCUT2D eigenvalue weighted by Gasteiger charge is -2.06. The zero-order valence-electron chi connectivity index (χ0n) is 9.36. The van der Waals surface area contributed by atoms with Gasteiger partial charge in [0.25, 0.3) is 0 Å². The predicted molar refractivity (Wildman–Crippen MR) is 66.4 cm³/mol. The summed E-state index contributed by atoms with van der Waals surface area (Å²) in [4.78, 5) is 4.08. The van der Waals surface area contributed by atoms with E-state index in [9.17, 15) is 0 Å². The summed E-state index contributed by atoms with van der Waals surface area (Å²) < 4.78 is 5.67. The highest BCUT2D eigenvalue weighted by atomic mass is 16.5. The number of pyridine rings is 1. The van der Waals surface area contributed by atoms with Gasteiger partial charge in [0.15, 0.2) is 0 Å². The molecule has 0 atom stereocenters. The van der Waals surface area contributed by atoms with E-state index >= 15 is 0 Å². The highest BCUT2D eigenvalue weighted by Crippen LogP contribution is 2.19. The molecule has 2 nitrogen and oxygen atoms in total. The molecule has 0 bridgehead atoms. The highest BCUT2D eigenvalue weighted by molar-refractivity contribution is 5.82. The summed E-state index contributed by atoms with van der Waals surface area (Å²) in [6.45, 7) is 4.58. The zero-order valence-corrected chi connectivity index (χ0v) is 9.36. The lowest BCUT2D eigenvalue weighted by molar-refractivity contribution is 0.307. The minimum Gasteiger partial charge on any atom is -0.494 e. The Kier molecular flexibility index (Phi) is 3.76. The number of aromatic nitrogens is 1. The Morgan fingerprint density at radius 1 is 1.12 bits per heavy atom. The van der Waals surface area contributed by atoms with Gasteiger partial charge in [-0.2, -0.15) is 0 Å². The highest BCUT2D eigenvalue weighted by Gasteiger charge is 1.96. The van der Waals surface area contributed by atoms with Crippen LogP contribution in [0.4, 0.5) is 0 Å². The summed E-state index contributed by atoms with van der Waals surface area (Å²) in [6, 6.07) is 8.09. The molecule has 0 spiro atoms. The van der Waals surface area contributed by atoms with Gasteiger partial charge < -0.3 is 4.74 Å². The van der Waals surface area contributed by atoms with Crippen molar-refractivity contribution in [1.82, 2.24) is 4.98 Å². The lowest BCUT2D eigenvalue weighted by Crippen LogP contribution is -1.96. The summed E-state index contributed by atoms with van der Waals surface area (Å²) in [5, 5.41) is 2.32. The third kappa shape index (κ3) is 2.72. The molecule has 2 rings (SSSR count). The first-order valence-electron chi connectivity index (χ1n) is 5.66. The summed E-state index contributed by atoms with van der Waals surface area (Å²) in [6.07, 6.45) is 6.83. The first kappa shape index (κ1) is 10.9. The smallest absolute Gasteiger partial charge is 0.119 e. The SMILES string of the molecule is [CH2]CCCCOc1ccc2cnccc2c1. The second kappa shape index (κ2) is 5.50. The molecule has 0 aliphatic heterocycles. The van der Waals surface area contributed by atoms with Crippen molar-refractivity contribution >= 4 is 10.8 Å². The average molecular weight is 214 g/mol. The van der Waals surface area contributed by atoms with E-state index in [1.807, 2.05) is 24.4 Å². The van der Waals surface area contributed by atoms with E-state index in [0.717, 1.165) is 37.0 Å². The number of fused-ring (bicyclic) bond motifs is 1. The van der Waals surface area contributed by atoms with Crippen LogP contribution in [0, 0.1) is 6.92 Å². The zero-order chi connectivity index (χ0) is 11.2. The molecule has 1 radical (unpaired) electrons. The van der Waals surface area contributed by atoms with Gasteiger partial charge in [0.2, 0.25) is 0 Å². The van der Waals surface area contributed by atoms with Crippen molar-refractivity contribution in [1.29, 1.82) is 0 Å². The van der Waals surface area contributed by atoms with Gasteiger partial charge in [-0.1, -0.05) is 19.8 Å². The van der Waals surface area contributed by atoms with E-state index in [-0.39, 0.29) is 0 Å². The van der Waals surface area contributed by atoms with E-state index in [2.05, 4.69) is 18.0 Å². The lowest BCUT2D eigenvalue weighted by atomic mass is 10.2. The molecule has 0 N–H and O–H groups in total. The van der Waals surface area contributed by atoms with E-state index in [0.29, 0.717) is 0 Å². The van der Waals surface area contributed by atoms with Gasteiger partial charge in [0, 0.05) is 17.8 Å². The first-order chi connectivity index (χ1) is 7.90. The van der Waals surface area contributed by atoms with Crippen LogP contribution in [0.15, 0.2) is 36.7 Å². The fraction of sp³-hybridized carbons (Fsp3) is 0.286. The maximum Gasteiger partial charge on any atom is 0.119 e. The van der Waals surface area contributed by atoms with E-state index in [1.54, 1.807) is 6.20 Å². The van der Waals surface area contributed by atoms with E-state index in [4.69, 9.17) is 4.74 Å². The molecule has 2 aromatic rings. The number of hydrogen-bond acceptors (Lipinski definition) is 2. The van der Waals surface area contributed by atoms with Gasteiger partial charge in [0.05, 0.1) is 6.61 Å². The Balaban J connectivity index is 2.02. The first-order valence-corrected chi connectivity index (χ1v) is 5.66. The molecule has 1 aromatic carbocycles. The number of benzene rings is 1. The predicted octanol–water partition coefficient (Wildman–Crippen LogP) is 3.62. The second-order valence-electron chi connectivity index (χ2n) is 3.79. The molecule has 0 aliphatic rings. The molecular formula is C14H16NO. The molecule has 2 heteroatoms. The molecule has 1 heterocycles. The van der Waals surface area contributed by atoms with Crippen molar-refractivity contribution in [3.05, 3.63) is 43.6 Å². The molecule has 16 heavy (non-hydrogen) atoms. The van der Waals surface area contributed by atoms with Gasteiger partial charge in [0.1, 0.15) is 5.75 Å². The molecule has 0 unspecified atom stereocenters. The van der Waals surface area contributed by atoms with Gasteiger partial charge >= 0.3 is 0 Å². The van der Waals surface area contributed by atoms with E-state index < -0.39 is 0 Å². The molecule has 0 saturated heterocycles. The topological polar surface area (TPSA) is 22.1 Å². The number of ether oxygens (including phenoxy) is 1. The van der Waals surface area contributed by atoms with Crippen LogP contribution in [0.1, 0.15) is 19.3 Å². The summed E-state index contributed by atoms with van der Waals surface area (Å²) in [5.74, 6) is 0.933. The minimum absolute atomic E-state index is 0.770. The summed E-state index contributed by atoms with van der Waals surface area (Å²) in [7, 11) is 0. The number of unbranched alkanes of at least 4 members (excludes halogenated alkanes) is 2. The number of rotatable bonds is 5. The Bertz CT molecular complexity index is 453. The van der Waals surface area contributed by atoms with Crippen LogP contribution in [0.5, 0.6) is 5.75 Å². The van der Waals surface area contributed by atoms with Gasteiger partial charge in [-0.3, -0.25) is 4.98 Å². The minimum atomic E-state index is 0.770. The van der Waals surface area contributed by atoms with Crippen LogP contribution in [0.25, 0.3) is 10.8 Å². The Morgan fingerprint density at radius 3 is 2.94 bits per heavy atom. The number of nitrogens with zero attached hydrogens (tertiary/aromatic N) is 1. The van der Waals surface area contributed by atoms with Gasteiger partial charge in [-0.05, 0) is 36.1 Å². The maximum atomic E-state index is 5.67. The molecule has 83 valence electrons. The van der Waals surface area contributed by atoms with Crippen LogP contribution in [0.3, 0.4) is 0 Å². The molecule has 0 amide bonds. The van der Waals surface area contributed by atoms with Crippen LogP contribution in [-0.4, -0.2) is 11.6 Å². The van der Waals surface area contributed by atoms with Gasteiger partial charge in [-0.15, -0.1) is 0 Å². The van der Waals surface area contributed by atoms with Crippen molar-refractivity contribution in [2.75, 3.05) is 6.61 Å². The van der Waals surface area contributed by atoms with E-state index in [1.165, 1.54) is 5.39 Å². The molecule has 0 saturated carbocycles. The van der Waals surface area contributed by atoms with Crippen molar-refractivity contribution in [3.8, 4) is 5.75 Å². The fourth-order valence-corrected chi connectivity index (χ4v) is 1.62. The van der Waals surface area contributed by atoms with Crippen molar-refractivity contribution in [2.45, 2.75) is 19.3 Å². The van der Waals surface area contributed by atoms with Crippen LogP contribution >= 0.6 is 0 Å². The largest absolute Gasteiger partial charge is 0.494 e. The standard InChI is InChI=1S/C14H16NO/c1-2-3-4-9-16-14-6-5-13-11-15-8-7-12(13)10-14/h5-8,10-11H,1-4,9H2. The quantitative estimate of drug-likeness (QED) is 0.709. The monoisotopic (exact) mass is 214 g/mol. The Morgan fingerprint density at radius 2 is 2.06 bits per heavy atom. The third-order valence-corrected chi connectivity index (χ3v) is 2.53. The summed E-state index contributed by atoms with van der Waals surface area (Å²) in [5.41, 5.74) is 0. The van der Waals surface area contributed by atoms with Crippen LogP contribution in [-0.2, 0) is 0 Å². The molecule has 0 fully saturated rings. The average Bonchev–Trinajstić information content (AvgIpc) is 2.34. The maximum absolute atomic E-state index is 5.67. The molecule has 0 aliphatic carbocycles.